The van der Waals surface area contributed by atoms with Crippen molar-refractivity contribution in [3.05, 3.63) is 72.4 Å². The molecule has 1 atom stereocenters. The van der Waals surface area contributed by atoms with Gasteiger partial charge < -0.3 is 8.84 Å². The minimum Gasteiger partial charge on any atom is -0.439 e. The first kappa shape index (κ1) is 28.0. The highest BCUT2D eigenvalue weighted by Crippen LogP contribution is 2.43. The number of oxazole rings is 1. The highest BCUT2D eigenvalue weighted by molar-refractivity contribution is 6.77. The third kappa shape index (κ3) is 7.23. The normalized spacial score (nSPS) is 13.0. The maximum Gasteiger partial charge on any atom is 0.202 e. The summed E-state index contributed by atoms with van der Waals surface area (Å²) in [6, 6.07) is 16.2. The minimum absolute atomic E-state index is 0.0571. The van der Waals surface area contributed by atoms with Crippen molar-refractivity contribution in [2.24, 2.45) is 0 Å². The van der Waals surface area contributed by atoms with Gasteiger partial charge in [-0.1, -0.05) is 77.9 Å². The fourth-order valence-corrected chi connectivity index (χ4v) is 11.2. The molecule has 0 N–H and O–H groups in total. The molecule has 2 heterocycles. The molecule has 6 heteroatoms. The van der Waals surface area contributed by atoms with Crippen LogP contribution in [-0.4, -0.2) is 30.2 Å². The van der Waals surface area contributed by atoms with Crippen molar-refractivity contribution in [1.29, 1.82) is 0 Å². The maximum atomic E-state index is 12.9. The van der Waals surface area contributed by atoms with Gasteiger partial charge in [0.25, 0.3) is 0 Å². The van der Waals surface area contributed by atoms with E-state index in [0.717, 1.165) is 25.0 Å². The van der Waals surface area contributed by atoms with Crippen LogP contribution in [0.2, 0.25) is 16.6 Å². The van der Waals surface area contributed by atoms with Crippen LogP contribution in [-0.2, 0) is 22.1 Å². The van der Waals surface area contributed by atoms with Gasteiger partial charge in [0.15, 0.2) is 5.76 Å². The van der Waals surface area contributed by atoms with Gasteiger partial charge in [-0.05, 0) is 53.6 Å². The Kier molecular flexibility index (Phi) is 10.2. The smallest absolute Gasteiger partial charge is 0.202 e. The second-order valence-electron chi connectivity index (χ2n) is 10.7. The number of hydrogen-bond donors (Lipinski definition) is 0. The second kappa shape index (κ2) is 13.1. The fraction of sp³-hybridized carbons (Fsp3) is 0.500. The van der Waals surface area contributed by atoms with Gasteiger partial charge in [0.1, 0.15) is 11.5 Å². The van der Waals surface area contributed by atoms with E-state index in [2.05, 4.69) is 75.8 Å². The summed E-state index contributed by atoms with van der Waals surface area (Å²) >= 11 is 0. The number of carbonyl (C=O) groups is 1. The van der Waals surface area contributed by atoms with Crippen molar-refractivity contribution in [2.45, 2.75) is 96.4 Å². The molecule has 3 rings (SSSR count). The van der Waals surface area contributed by atoms with Crippen LogP contribution in [0.25, 0.3) is 11.5 Å². The zero-order valence-corrected chi connectivity index (χ0v) is 23.7. The number of carbonyl (C=O) groups excluding carboxylic acids is 1. The molecule has 0 fully saturated rings. The first-order chi connectivity index (χ1) is 17.2. The Morgan fingerprint density at radius 1 is 0.889 bits per heavy atom. The average molecular weight is 507 g/mol. The number of pyridine rings is 1. The van der Waals surface area contributed by atoms with E-state index in [1.54, 1.807) is 12.4 Å². The monoisotopic (exact) mass is 506 g/mol. The van der Waals surface area contributed by atoms with Crippen LogP contribution < -0.4 is 0 Å². The van der Waals surface area contributed by atoms with E-state index in [9.17, 15) is 4.79 Å². The molecule has 0 aliphatic carbocycles. The van der Waals surface area contributed by atoms with Crippen molar-refractivity contribution in [3.8, 4) is 11.5 Å². The van der Waals surface area contributed by atoms with E-state index in [1.165, 1.54) is 5.56 Å². The molecule has 0 bridgehead atoms. The zero-order chi connectivity index (χ0) is 26.1. The molecular weight excluding hydrogens is 464 g/mol. The summed E-state index contributed by atoms with van der Waals surface area (Å²) in [5, 5.41) is 0. The molecule has 5 nitrogen and oxygen atoms in total. The highest BCUT2D eigenvalue weighted by atomic mass is 28.4. The lowest BCUT2D eigenvalue weighted by Gasteiger charge is -2.45. The first-order valence-electron chi connectivity index (χ1n) is 13.3. The van der Waals surface area contributed by atoms with Gasteiger partial charge in [-0.2, -0.15) is 0 Å². The van der Waals surface area contributed by atoms with Gasteiger partial charge in [0.2, 0.25) is 14.2 Å². The third-order valence-corrected chi connectivity index (χ3v) is 13.4. The zero-order valence-electron chi connectivity index (χ0n) is 22.7. The predicted octanol–water partition coefficient (Wildman–Crippen LogP) is 7.82. The van der Waals surface area contributed by atoms with Crippen molar-refractivity contribution >= 4 is 14.1 Å². The van der Waals surface area contributed by atoms with E-state index >= 15 is 0 Å². The van der Waals surface area contributed by atoms with Gasteiger partial charge >= 0.3 is 0 Å². The predicted molar refractivity (Wildman–Crippen MR) is 148 cm³/mol. The quantitative estimate of drug-likeness (QED) is 0.209. The Bertz CT molecular complexity index is 1040. The standard InChI is InChI=1S/C30H42N2O3Si/c1-22(2)36(23(3)4,24(5)6)35-27(17-15-25-12-8-7-9-13-25)18-16-26(33)20-30-32-21-29(34-30)28-14-10-11-19-31-28/h7-14,19,21-24,27H,15-18,20H2,1-6H3. The van der Waals surface area contributed by atoms with Crippen LogP contribution >= 0.6 is 0 Å². The molecule has 0 saturated carbocycles. The lowest BCUT2D eigenvalue weighted by molar-refractivity contribution is -0.119. The highest BCUT2D eigenvalue weighted by Gasteiger charge is 2.46. The largest absolute Gasteiger partial charge is 0.439 e. The first-order valence-corrected chi connectivity index (χ1v) is 15.5. The SMILES string of the molecule is CC(C)[Si](OC(CCC(=O)Cc1ncc(-c2ccccn2)o1)CCc1ccccc1)(C(C)C)C(C)C. The van der Waals surface area contributed by atoms with Crippen LogP contribution in [0.15, 0.2) is 65.3 Å². The number of ketones is 1. The lowest BCUT2D eigenvalue weighted by Crippen LogP contribution is -2.50. The van der Waals surface area contributed by atoms with Crippen LogP contribution in [0.5, 0.6) is 0 Å². The molecule has 0 aliphatic heterocycles. The molecule has 2 aromatic heterocycles. The Hall–Kier alpha value is -2.57. The molecule has 0 saturated heterocycles. The molecule has 3 aromatic rings. The van der Waals surface area contributed by atoms with Crippen LogP contribution in [0.4, 0.5) is 0 Å². The Balaban J connectivity index is 1.68. The van der Waals surface area contributed by atoms with Crippen molar-refractivity contribution in [3.63, 3.8) is 0 Å². The molecule has 36 heavy (non-hydrogen) atoms. The molecule has 1 unspecified atom stereocenters. The van der Waals surface area contributed by atoms with Crippen molar-refractivity contribution < 1.29 is 13.6 Å². The number of hydrogen-bond acceptors (Lipinski definition) is 5. The third-order valence-electron chi connectivity index (χ3n) is 7.24. The second-order valence-corrected chi connectivity index (χ2v) is 16.1. The van der Waals surface area contributed by atoms with Gasteiger partial charge in [-0.3, -0.25) is 9.78 Å². The lowest BCUT2D eigenvalue weighted by atomic mass is 10.0. The summed E-state index contributed by atoms with van der Waals surface area (Å²) in [5.74, 6) is 1.16. The number of rotatable bonds is 14. The summed E-state index contributed by atoms with van der Waals surface area (Å²) in [4.78, 5) is 21.5. The Labute approximate surface area is 217 Å². The average Bonchev–Trinajstić information content (AvgIpc) is 3.32. The topological polar surface area (TPSA) is 65.2 Å². The summed E-state index contributed by atoms with van der Waals surface area (Å²) in [7, 11) is -2.06. The van der Waals surface area contributed by atoms with Gasteiger partial charge in [0.05, 0.1) is 12.6 Å². The molecule has 0 amide bonds. The summed E-state index contributed by atoms with van der Waals surface area (Å²) < 4.78 is 13.0. The molecule has 0 radical (unpaired) electrons. The van der Waals surface area contributed by atoms with E-state index in [-0.39, 0.29) is 18.3 Å². The van der Waals surface area contributed by atoms with Crippen molar-refractivity contribution in [1.82, 2.24) is 9.97 Å². The van der Waals surface area contributed by atoms with Gasteiger partial charge in [-0.25, -0.2) is 4.98 Å². The minimum atomic E-state index is -2.06. The van der Waals surface area contributed by atoms with E-state index < -0.39 is 8.32 Å². The summed E-state index contributed by atoms with van der Waals surface area (Å²) in [5.41, 5.74) is 3.54. The Morgan fingerprint density at radius 3 is 2.17 bits per heavy atom. The number of nitrogens with zero attached hydrogens (tertiary/aromatic N) is 2. The summed E-state index contributed by atoms with van der Waals surface area (Å²) in [6.07, 6.45) is 6.66. The molecule has 194 valence electrons. The molecule has 1 aromatic carbocycles. The van der Waals surface area contributed by atoms with Crippen LogP contribution in [0.1, 0.15) is 72.3 Å². The van der Waals surface area contributed by atoms with Crippen LogP contribution in [0, 0.1) is 0 Å². The molecule has 0 spiro atoms. The number of aryl methyl sites for hydroxylation is 1. The molecular formula is C30H42N2O3Si. The molecule has 0 aliphatic rings. The number of benzene rings is 1. The van der Waals surface area contributed by atoms with Crippen LogP contribution in [0.3, 0.4) is 0 Å². The number of Topliss-reactive ketones (excluding diaryl/α,β-unsaturated/α-hetero) is 1. The van der Waals surface area contributed by atoms with E-state index in [0.29, 0.717) is 34.7 Å². The fourth-order valence-electron chi connectivity index (χ4n) is 5.53. The Morgan fingerprint density at radius 2 is 1.56 bits per heavy atom. The van der Waals surface area contributed by atoms with E-state index in [4.69, 9.17) is 8.84 Å². The van der Waals surface area contributed by atoms with Crippen molar-refractivity contribution in [2.75, 3.05) is 0 Å². The van der Waals surface area contributed by atoms with Gasteiger partial charge in [0, 0.05) is 18.7 Å². The maximum absolute atomic E-state index is 12.9. The number of aromatic nitrogens is 2. The summed E-state index contributed by atoms with van der Waals surface area (Å²) in [6.45, 7) is 13.9. The van der Waals surface area contributed by atoms with E-state index in [1.807, 2.05) is 24.3 Å². The van der Waals surface area contributed by atoms with Gasteiger partial charge in [-0.15, -0.1) is 0 Å².